The number of piperidine rings is 1. The maximum absolute atomic E-state index is 12.7. The van der Waals surface area contributed by atoms with Crippen LogP contribution in [0.2, 0.25) is 0 Å². The molecule has 6 nitrogen and oxygen atoms in total. The molecule has 4 rings (SSSR count). The molecule has 1 aromatic heterocycles. The molecule has 1 aromatic carbocycles. The lowest BCUT2D eigenvalue weighted by molar-refractivity contribution is -0.126. The Labute approximate surface area is 179 Å². The zero-order valence-electron chi connectivity index (χ0n) is 18.3. The van der Waals surface area contributed by atoms with Crippen LogP contribution in [0.3, 0.4) is 0 Å². The highest BCUT2D eigenvalue weighted by Crippen LogP contribution is 2.26. The standard InChI is InChI=1S/C24H34N4O2/c1-18-8-3-4-10-21(18)24-26-22(19(2)30-24)17-28-14-7-9-20(16-28)23(29)25-11-15-27-12-5-6-13-27/h3-4,8,10,20H,5-7,9,11-17H2,1-2H3,(H,25,29)/t20-/m0/s1. The molecule has 162 valence electrons. The van der Waals surface area contributed by atoms with Crippen LogP contribution >= 0.6 is 0 Å². The first kappa shape index (κ1) is 21.1. The molecule has 0 spiro atoms. The molecule has 0 radical (unpaired) electrons. The predicted molar refractivity (Wildman–Crippen MR) is 118 cm³/mol. The number of nitrogens with one attached hydrogen (secondary N) is 1. The molecular weight excluding hydrogens is 376 g/mol. The number of nitrogens with zero attached hydrogens (tertiary/aromatic N) is 3. The van der Waals surface area contributed by atoms with Crippen molar-refractivity contribution >= 4 is 5.91 Å². The van der Waals surface area contributed by atoms with Crippen molar-refractivity contribution in [1.82, 2.24) is 20.1 Å². The molecule has 30 heavy (non-hydrogen) atoms. The topological polar surface area (TPSA) is 61.6 Å². The first-order valence-electron chi connectivity index (χ1n) is 11.3. The van der Waals surface area contributed by atoms with Crippen LogP contribution in [-0.4, -0.2) is 60.0 Å². The summed E-state index contributed by atoms with van der Waals surface area (Å²) >= 11 is 0. The third kappa shape index (κ3) is 5.10. The van der Waals surface area contributed by atoms with Gasteiger partial charge >= 0.3 is 0 Å². The fourth-order valence-corrected chi connectivity index (χ4v) is 4.62. The quantitative estimate of drug-likeness (QED) is 0.758. The molecule has 0 saturated carbocycles. The van der Waals surface area contributed by atoms with E-state index < -0.39 is 0 Å². The Morgan fingerprint density at radius 1 is 1.13 bits per heavy atom. The number of oxazole rings is 1. The molecule has 2 aliphatic rings. The molecule has 2 aromatic rings. The second-order valence-electron chi connectivity index (χ2n) is 8.75. The van der Waals surface area contributed by atoms with Crippen molar-refractivity contribution in [3.05, 3.63) is 41.3 Å². The summed E-state index contributed by atoms with van der Waals surface area (Å²) in [6.45, 7) is 10.7. The molecule has 1 N–H and O–H groups in total. The van der Waals surface area contributed by atoms with Crippen molar-refractivity contribution in [2.75, 3.05) is 39.3 Å². The molecule has 2 fully saturated rings. The maximum atomic E-state index is 12.7. The van der Waals surface area contributed by atoms with Gasteiger partial charge in [0.05, 0.1) is 11.6 Å². The molecule has 2 saturated heterocycles. The Morgan fingerprint density at radius 2 is 1.90 bits per heavy atom. The molecule has 6 heteroatoms. The zero-order valence-corrected chi connectivity index (χ0v) is 18.3. The van der Waals surface area contributed by atoms with Crippen molar-refractivity contribution in [2.24, 2.45) is 5.92 Å². The summed E-state index contributed by atoms with van der Waals surface area (Å²) in [5, 5.41) is 3.17. The number of amides is 1. The molecule has 2 aliphatic heterocycles. The van der Waals surface area contributed by atoms with E-state index in [1.807, 2.05) is 25.1 Å². The van der Waals surface area contributed by atoms with Crippen molar-refractivity contribution < 1.29 is 9.21 Å². The lowest BCUT2D eigenvalue weighted by Crippen LogP contribution is -2.44. The van der Waals surface area contributed by atoms with Gasteiger partial charge in [-0.05, 0) is 70.8 Å². The van der Waals surface area contributed by atoms with E-state index in [0.29, 0.717) is 5.89 Å². The number of carbonyl (C=O) groups is 1. The smallest absolute Gasteiger partial charge is 0.226 e. The van der Waals surface area contributed by atoms with E-state index in [1.165, 1.54) is 25.9 Å². The van der Waals surface area contributed by atoms with E-state index in [9.17, 15) is 4.79 Å². The highest BCUT2D eigenvalue weighted by molar-refractivity contribution is 5.78. The highest BCUT2D eigenvalue weighted by atomic mass is 16.4. The van der Waals surface area contributed by atoms with E-state index in [1.54, 1.807) is 0 Å². The summed E-state index contributed by atoms with van der Waals surface area (Å²) in [6.07, 6.45) is 4.60. The Bertz CT molecular complexity index is 857. The number of benzene rings is 1. The van der Waals surface area contributed by atoms with Gasteiger partial charge in [-0.1, -0.05) is 18.2 Å². The normalized spacial score (nSPS) is 20.5. The van der Waals surface area contributed by atoms with Crippen LogP contribution in [0.1, 0.15) is 42.7 Å². The number of likely N-dealkylation sites (tertiary alicyclic amines) is 2. The van der Waals surface area contributed by atoms with Gasteiger partial charge in [-0.3, -0.25) is 9.69 Å². The SMILES string of the molecule is Cc1ccccc1-c1nc(CN2CCC[C@H](C(=O)NCCN3CCCC3)C2)c(C)o1. The number of carbonyl (C=O) groups excluding carboxylic acids is 1. The Kier molecular flexibility index (Phi) is 6.85. The molecular formula is C24H34N4O2. The van der Waals surface area contributed by atoms with E-state index >= 15 is 0 Å². The van der Waals surface area contributed by atoms with Gasteiger partial charge in [-0.25, -0.2) is 4.98 Å². The second-order valence-corrected chi connectivity index (χ2v) is 8.75. The maximum Gasteiger partial charge on any atom is 0.226 e. The fourth-order valence-electron chi connectivity index (χ4n) is 4.62. The Morgan fingerprint density at radius 3 is 2.70 bits per heavy atom. The summed E-state index contributed by atoms with van der Waals surface area (Å²) < 4.78 is 5.98. The molecule has 3 heterocycles. The molecule has 1 atom stereocenters. The van der Waals surface area contributed by atoms with Crippen LogP contribution in [0, 0.1) is 19.8 Å². The van der Waals surface area contributed by atoms with Crippen LogP contribution in [0.5, 0.6) is 0 Å². The molecule has 1 amide bonds. The Hall–Kier alpha value is -2.18. The molecule has 0 unspecified atom stereocenters. The van der Waals surface area contributed by atoms with E-state index in [4.69, 9.17) is 9.40 Å². The summed E-state index contributed by atoms with van der Waals surface area (Å²) in [5.74, 6) is 1.83. The van der Waals surface area contributed by atoms with Crippen LogP contribution in [-0.2, 0) is 11.3 Å². The monoisotopic (exact) mass is 410 g/mol. The van der Waals surface area contributed by atoms with E-state index in [0.717, 1.165) is 68.1 Å². The van der Waals surface area contributed by atoms with Gasteiger partial charge in [-0.15, -0.1) is 0 Å². The predicted octanol–water partition coefficient (Wildman–Crippen LogP) is 3.38. The van der Waals surface area contributed by atoms with Gasteiger partial charge in [0.15, 0.2) is 0 Å². The number of rotatable bonds is 7. The lowest BCUT2D eigenvalue weighted by atomic mass is 9.97. The first-order chi connectivity index (χ1) is 14.6. The average Bonchev–Trinajstić information content (AvgIpc) is 3.39. The molecule has 0 bridgehead atoms. The van der Waals surface area contributed by atoms with Gasteiger partial charge in [0, 0.05) is 31.7 Å². The van der Waals surface area contributed by atoms with E-state index in [2.05, 4.69) is 28.1 Å². The van der Waals surface area contributed by atoms with E-state index in [-0.39, 0.29) is 11.8 Å². The van der Waals surface area contributed by atoms with Crippen molar-refractivity contribution in [2.45, 2.75) is 46.1 Å². The van der Waals surface area contributed by atoms with Crippen LogP contribution < -0.4 is 5.32 Å². The first-order valence-corrected chi connectivity index (χ1v) is 11.3. The third-order valence-electron chi connectivity index (χ3n) is 6.44. The van der Waals surface area contributed by atoms with Gasteiger partial charge in [0.2, 0.25) is 11.8 Å². The van der Waals surface area contributed by atoms with Gasteiger partial charge in [0.25, 0.3) is 0 Å². The summed E-state index contributed by atoms with van der Waals surface area (Å²) in [4.78, 5) is 22.2. The number of hydrogen-bond acceptors (Lipinski definition) is 5. The number of aromatic nitrogens is 1. The second kappa shape index (κ2) is 9.75. The van der Waals surface area contributed by atoms with Gasteiger partial charge in [-0.2, -0.15) is 0 Å². The fraction of sp³-hybridized carbons (Fsp3) is 0.583. The van der Waals surface area contributed by atoms with Gasteiger partial charge < -0.3 is 14.6 Å². The highest BCUT2D eigenvalue weighted by Gasteiger charge is 2.27. The van der Waals surface area contributed by atoms with Crippen LogP contribution in [0.4, 0.5) is 0 Å². The van der Waals surface area contributed by atoms with Gasteiger partial charge in [0.1, 0.15) is 5.76 Å². The molecule has 0 aliphatic carbocycles. The average molecular weight is 411 g/mol. The van der Waals surface area contributed by atoms with Crippen molar-refractivity contribution in [1.29, 1.82) is 0 Å². The lowest BCUT2D eigenvalue weighted by Gasteiger charge is -2.31. The summed E-state index contributed by atoms with van der Waals surface area (Å²) in [6, 6.07) is 8.17. The van der Waals surface area contributed by atoms with Crippen molar-refractivity contribution in [3.8, 4) is 11.5 Å². The minimum atomic E-state index is 0.0698. The van der Waals surface area contributed by atoms with Crippen LogP contribution in [0.15, 0.2) is 28.7 Å². The summed E-state index contributed by atoms with van der Waals surface area (Å²) in [5.41, 5.74) is 3.18. The largest absolute Gasteiger partial charge is 0.441 e. The minimum Gasteiger partial charge on any atom is -0.441 e. The minimum absolute atomic E-state index is 0.0698. The number of aryl methyl sites for hydroxylation is 2. The Balaban J connectivity index is 1.31. The third-order valence-corrected chi connectivity index (χ3v) is 6.44. The zero-order chi connectivity index (χ0) is 20.9. The van der Waals surface area contributed by atoms with Crippen molar-refractivity contribution in [3.63, 3.8) is 0 Å². The summed E-state index contributed by atoms with van der Waals surface area (Å²) in [7, 11) is 0. The number of hydrogen-bond donors (Lipinski definition) is 1. The van der Waals surface area contributed by atoms with Crippen LogP contribution in [0.25, 0.3) is 11.5 Å².